The Hall–Kier alpha value is -5.19. The summed E-state index contributed by atoms with van der Waals surface area (Å²) in [6.45, 7) is 30.8. The van der Waals surface area contributed by atoms with E-state index in [0.29, 0.717) is 154 Å². The Labute approximate surface area is 850 Å². The number of likely N-dealkylation sites (tertiary alicyclic amines) is 1. The molecular formula is C92H150BrCl3F6N12O21S5. The zero-order valence-corrected chi connectivity index (χ0v) is 90.7. The number of nitriles is 4. The van der Waals surface area contributed by atoms with Crippen LogP contribution >= 0.6 is 49.8 Å². The Morgan fingerprint density at radius 3 is 1.14 bits per heavy atom. The number of piperidine rings is 6. The van der Waals surface area contributed by atoms with Crippen molar-refractivity contribution in [3.8, 4) is 24.3 Å². The maximum absolute atomic E-state index is 12.9. The molecule has 0 radical (unpaired) electrons. The van der Waals surface area contributed by atoms with Crippen LogP contribution < -0.4 is 16.4 Å². The van der Waals surface area contributed by atoms with Crippen molar-refractivity contribution >= 4 is 117 Å². The third kappa shape index (κ3) is 48.6. The van der Waals surface area contributed by atoms with Gasteiger partial charge in [-0.2, -0.15) is 47.4 Å². The smallest absolute Gasteiger partial charge is 0.416 e. The Bertz CT molecular complexity index is 4760. The molecule has 10 fully saturated rings. The number of carbonyl (C=O) groups excluding carboxylic acids is 2. The fourth-order valence-electron chi connectivity index (χ4n) is 16.3. The van der Waals surface area contributed by atoms with Crippen LogP contribution in [0.25, 0.3) is 0 Å². The summed E-state index contributed by atoms with van der Waals surface area (Å²) in [6, 6.07) is 13.8. The van der Waals surface area contributed by atoms with E-state index in [1.807, 2.05) is 34.6 Å². The van der Waals surface area contributed by atoms with E-state index in [0.717, 1.165) is 173 Å². The number of benzene rings is 2. The molecule has 10 heterocycles. The normalized spacial score (nSPS) is 21.5. The van der Waals surface area contributed by atoms with Gasteiger partial charge in [0.1, 0.15) is 5.60 Å². The van der Waals surface area contributed by atoms with Crippen molar-refractivity contribution in [2.75, 3.05) is 172 Å². The molecule has 48 heteroatoms. The lowest BCUT2D eigenvalue weighted by atomic mass is 9.74. The van der Waals surface area contributed by atoms with Gasteiger partial charge in [0.25, 0.3) is 5.91 Å². The molecule has 0 aliphatic carbocycles. The Balaban J connectivity index is 0.000000548. The SMILES string of the molecule is BrCC1CCCO1.CC(C)(C)OC(=O)N1CCC(C#N)CC1.CCOCC.CCS(=O)(=O)Cl.CCS(=O)(=O)N1CCC(C#N)(CC2CCCO2)CC1.CCS(=O)(=O)N1CCC(C#N)CC1.CCS(=O)(=O)N1CCC(CN)(CC2CCCO2)CC1.CCS(=O)(=O)N1CCC(CNC(=O)c2ccc(C(F)(F)F)cc2Cl)(CC2CCCO2)CC1.CO.N#CC1CCNCC1.O=C(O)c1ccc(C(F)(F)F)cc1Cl. The van der Waals surface area contributed by atoms with Crippen LogP contribution in [0.1, 0.15) is 249 Å². The van der Waals surface area contributed by atoms with Crippen LogP contribution in [0.4, 0.5) is 31.1 Å². The first-order chi connectivity index (χ1) is 65.7. The van der Waals surface area contributed by atoms with E-state index in [-0.39, 0.29) is 92.4 Å². The number of ether oxygens (including phenoxy) is 6. The van der Waals surface area contributed by atoms with Crippen LogP contribution in [0.15, 0.2) is 36.4 Å². The minimum atomic E-state index is -4.54. The summed E-state index contributed by atoms with van der Waals surface area (Å²) in [5.74, 6) is -0.911. The third-order valence-electron chi connectivity index (χ3n) is 25.1. The van der Waals surface area contributed by atoms with Crippen LogP contribution in [0.5, 0.6) is 0 Å². The molecule has 0 aromatic heterocycles. The van der Waals surface area contributed by atoms with Gasteiger partial charge in [0.2, 0.25) is 49.1 Å². The van der Waals surface area contributed by atoms with Crippen molar-refractivity contribution in [1.82, 2.24) is 32.8 Å². The molecule has 2 amide bonds. The van der Waals surface area contributed by atoms with Gasteiger partial charge in [-0.25, -0.2) is 68.9 Å². The molecule has 0 bridgehead atoms. The molecule has 10 aliphatic heterocycles. The topological polar surface area (TPSA) is 479 Å². The van der Waals surface area contributed by atoms with E-state index in [9.17, 15) is 88.1 Å². The average Bonchev–Trinajstić information content (AvgIpc) is 1.11. The second-order valence-corrected chi connectivity index (χ2v) is 49.6. The number of carboxylic acids is 1. The number of carbonyl (C=O) groups is 3. The van der Waals surface area contributed by atoms with Gasteiger partial charge in [0.05, 0.1) is 115 Å². The van der Waals surface area contributed by atoms with Crippen LogP contribution in [-0.4, -0.2) is 295 Å². The number of halogens is 10. The number of amides is 2. The first kappa shape index (κ1) is 131. The quantitative estimate of drug-likeness (QED) is 0.0392. The molecule has 12 rings (SSSR count). The van der Waals surface area contributed by atoms with Crippen molar-refractivity contribution < 1.29 is 121 Å². The standard InChI is InChI=1S/C21H28ClF3N2O4S.C13H26N2O3S.C13H22N2O3S.C11H18N2O2.C8H4ClF3O2.C8H14N2O2S.C6H10N2.C5H9BrO.C4H10O.C2H5ClO2S.CH4O/c1-2-32(29,30)27-9-7-20(8-10-27,13-16-4-3-11-31-16)14-26-19(28)17-6-5-15(12-18(17)22)21(23,24)25;2*1-2-19(16,17)15-7-5-13(11-14,6-8-15)10-12-4-3-9-18-12;1-11(2,3)15-10(14)13-6-4-9(8-12)5-7-13;9-6-3-4(8(10,11)12)1-2-5(6)7(13)14;1-2-13(11,12)10-5-3-8(7-9)4-6-10;7-5-6-1-3-8-4-2-6;6-4-5-2-1-3-7-5;1-3-5-4-2;1-2-6(3,4)5;1-2/h5-6,12,16H,2-4,7-11,13-14H2,1H3,(H,26,28);12H,2-11,14H2,1H3;12H,2-10H2,1H3;9H,4-7H2,1-3H3;1-3H,(H,13,14);8H,2-6H2,1H3;6,8H,1-4H2;5H,1-4H2;3-4H2,1-2H3;2H2,1H3;2H,1H3. The number of aliphatic hydroxyl groups excluding tert-OH is 1. The lowest BCUT2D eigenvalue weighted by molar-refractivity contribution is -0.138. The molecule has 4 atom stereocenters. The summed E-state index contributed by atoms with van der Waals surface area (Å²) in [5.41, 5.74) is 2.60. The predicted octanol–water partition coefficient (Wildman–Crippen LogP) is 15.6. The molecule has 4 unspecified atom stereocenters. The number of aliphatic hydroxyl groups is 1. The summed E-state index contributed by atoms with van der Waals surface area (Å²) < 4.78 is 228. The number of hydrogen-bond donors (Lipinski definition) is 5. The largest absolute Gasteiger partial charge is 0.478 e. The van der Waals surface area contributed by atoms with Crippen molar-refractivity contribution in [3.63, 3.8) is 0 Å². The van der Waals surface area contributed by atoms with Crippen molar-refractivity contribution in [3.05, 3.63) is 68.7 Å². The second-order valence-electron chi connectivity index (χ2n) is 36.0. The van der Waals surface area contributed by atoms with Gasteiger partial charge in [-0.3, -0.25) is 4.79 Å². The summed E-state index contributed by atoms with van der Waals surface area (Å²) in [7, 11) is -9.98. The highest BCUT2D eigenvalue weighted by molar-refractivity contribution is 9.09. The van der Waals surface area contributed by atoms with E-state index < -0.39 is 101 Å². The maximum atomic E-state index is 12.9. The molecule has 6 N–H and O–H groups in total. The minimum Gasteiger partial charge on any atom is -0.478 e. The first-order valence-corrected chi connectivity index (χ1v) is 58.6. The van der Waals surface area contributed by atoms with Crippen molar-refractivity contribution in [1.29, 1.82) is 21.0 Å². The van der Waals surface area contributed by atoms with Gasteiger partial charge in [-0.1, -0.05) is 46.1 Å². The summed E-state index contributed by atoms with van der Waals surface area (Å²) >= 11 is 14.7. The third-order valence-corrected chi connectivity index (χ3v) is 35.3. The van der Waals surface area contributed by atoms with Gasteiger partial charge in [0, 0.05) is 153 Å². The molecule has 2 aromatic carbocycles. The first-order valence-electron chi connectivity index (χ1n) is 47.8. The molecular weight excluding hydrogens is 2070 g/mol. The highest BCUT2D eigenvalue weighted by Crippen LogP contribution is 2.43. The number of hydrogen-bond acceptors (Lipinski definition) is 26. The Morgan fingerprint density at radius 2 is 0.850 bits per heavy atom. The second kappa shape index (κ2) is 64.8. The summed E-state index contributed by atoms with van der Waals surface area (Å²) in [4.78, 5) is 36.4. The Kier molecular flexibility index (Phi) is 60.6. The fourth-order valence-corrected chi connectivity index (χ4v) is 21.8. The molecule has 804 valence electrons. The summed E-state index contributed by atoms with van der Waals surface area (Å²) in [5, 5.41) is 57.1. The van der Waals surface area contributed by atoms with E-state index in [2.05, 4.69) is 61.5 Å². The van der Waals surface area contributed by atoms with E-state index in [4.69, 9.17) is 83.4 Å². The van der Waals surface area contributed by atoms with E-state index in [1.165, 1.54) is 32.7 Å². The lowest BCUT2D eigenvalue weighted by Crippen LogP contribution is -2.49. The van der Waals surface area contributed by atoms with E-state index in [1.54, 1.807) is 36.9 Å². The fraction of sp³-hybridized carbons (Fsp3) is 0.793. The number of nitrogens with one attached hydrogen (secondary N) is 2. The minimum absolute atomic E-state index is 0.00849. The van der Waals surface area contributed by atoms with Gasteiger partial charge in [0.15, 0.2) is 0 Å². The van der Waals surface area contributed by atoms with Crippen LogP contribution in [0, 0.1) is 79.3 Å². The number of alkyl halides is 7. The summed E-state index contributed by atoms with van der Waals surface area (Å²) in [6.07, 6.45) is 12.0. The maximum Gasteiger partial charge on any atom is 0.416 e. The van der Waals surface area contributed by atoms with Gasteiger partial charge in [-0.05, 0) is 277 Å². The number of sulfonamides is 4. The van der Waals surface area contributed by atoms with Gasteiger partial charge < -0.3 is 59.9 Å². The molecule has 0 saturated carbocycles. The molecule has 2 aromatic rings. The predicted molar refractivity (Wildman–Crippen MR) is 531 cm³/mol. The van der Waals surface area contributed by atoms with Crippen LogP contribution in [0.3, 0.4) is 0 Å². The number of aromatic carboxylic acids is 1. The average molecular weight is 2220 g/mol. The number of nitrogens with two attached hydrogens (primary N) is 1. The number of nitrogens with zero attached hydrogens (tertiary/aromatic N) is 9. The van der Waals surface area contributed by atoms with Gasteiger partial charge >= 0.3 is 24.4 Å². The number of carboxylic acid groups (broad SMARTS) is 1. The highest BCUT2D eigenvalue weighted by Gasteiger charge is 2.45. The lowest BCUT2D eigenvalue weighted by Gasteiger charge is -2.42. The van der Waals surface area contributed by atoms with Crippen molar-refractivity contribution in [2.45, 2.75) is 259 Å². The molecule has 140 heavy (non-hydrogen) atoms. The molecule has 33 nitrogen and oxygen atoms in total. The monoisotopic (exact) mass is 2220 g/mol. The number of rotatable bonds is 23. The highest BCUT2D eigenvalue weighted by atomic mass is 79.9. The molecule has 10 saturated heterocycles. The zero-order valence-electron chi connectivity index (χ0n) is 82.7. The van der Waals surface area contributed by atoms with Crippen molar-refractivity contribution in [2.24, 2.45) is 39.7 Å². The Morgan fingerprint density at radius 1 is 0.514 bits per heavy atom. The molecule has 0 spiro atoms. The van der Waals surface area contributed by atoms with E-state index >= 15 is 0 Å². The zero-order chi connectivity index (χ0) is 106. The van der Waals surface area contributed by atoms with Crippen LogP contribution in [0.2, 0.25) is 10.0 Å². The molecule has 10 aliphatic rings. The van der Waals surface area contributed by atoms with Crippen LogP contribution in [-0.2, 0) is 89.9 Å². The van der Waals surface area contributed by atoms with Gasteiger partial charge in [-0.15, -0.1) is 0 Å².